The maximum Gasteiger partial charge on any atom is 0.131 e. The Morgan fingerprint density at radius 1 is 1.46 bits per heavy atom. The van der Waals surface area contributed by atoms with Gasteiger partial charge in [0.1, 0.15) is 11.6 Å². The lowest BCUT2D eigenvalue weighted by atomic mass is 10.1. The molecule has 0 amide bonds. The Hall–Kier alpha value is -1.22. The number of hydrogen-bond donors (Lipinski definition) is 1. The summed E-state index contributed by atoms with van der Waals surface area (Å²) in [6, 6.07) is 3.10. The van der Waals surface area contributed by atoms with Gasteiger partial charge in [-0.2, -0.15) is 0 Å². The third-order valence-electron chi connectivity index (χ3n) is 1.71. The SMILES string of the molecule is C=CC[C@@H](O)c1ccc(F)cc1F. The van der Waals surface area contributed by atoms with Crippen molar-refractivity contribution in [3.63, 3.8) is 0 Å². The Kier molecular flexibility index (Phi) is 3.14. The molecule has 1 aromatic rings. The van der Waals surface area contributed by atoms with Crippen LogP contribution in [0.15, 0.2) is 30.9 Å². The van der Waals surface area contributed by atoms with Crippen molar-refractivity contribution in [3.05, 3.63) is 48.1 Å². The van der Waals surface area contributed by atoms with E-state index in [-0.39, 0.29) is 12.0 Å². The predicted octanol–water partition coefficient (Wildman–Crippen LogP) is 2.57. The molecular weight excluding hydrogens is 174 g/mol. The highest BCUT2D eigenvalue weighted by Crippen LogP contribution is 2.20. The molecule has 3 heteroatoms. The normalized spacial score (nSPS) is 12.5. The highest BCUT2D eigenvalue weighted by atomic mass is 19.1. The maximum absolute atomic E-state index is 13.0. The molecule has 1 nitrogen and oxygen atoms in total. The monoisotopic (exact) mass is 184 g/mol. The highest BCUT2D eigenvalue weighted by molar-refractivity contribution is 5.21. The Labute approximate surface area is 75.3 Å². The minimum Gasteiger partial charge on any atom is -0.388 e. The van der Waals surface area contributed by atoms with E-state index in [4.69, 9.17) is 0 Å². The molecule has 0 heterocycles. The molecule has 0 aliphatic carbocycles. The number of benzene rings is 1. The van der Waals surface area contributed by atoms with Gasteiger partial charge < -0.3 is 5.11 Å². The zero-order valence-corrected chi connectivity index (χ0v) is 7.00. The van der Waals surface area contributed by atoms with E-state index < -0.39 is 17.7 Å². The highest BCUT2D eigenvalue weighted by Gasteiger charge is 2.11. The zero-order chi connectivity index (χ0) is 9.84. The smallest absolute Gasteiger partial charge is 0.131 e. The molecule has 0 aromatic heterocycles. The van der Waals surface area contributed by atoms with E-state index in [1.165, 1.54) is 12.1 Å². The summed E-state index contributed by atoms with van der Waals surface area (Å²) in [7, 11) is 0. The van der Waals surface area contributed by atoms with Gasteiger partial charge in [-0.05, 0) is 12.5 Å². The average Bonchev–Trinajstić information content (AvgIpc) is 2.04. The number of rotatable bonds is 3. The number of halogens is 2. The van der Waals surface area contributed by atoms with Gasteiger partial charge in [0.15, 0.2) is 0 Å². The van der Waals surface area contributed by atoms with Crippen molar-refractivity contribution in [2.24, 2.45) is 0 Å². The topological polar surface area (TPSA) is 20.2 Å². The van der Waals surface area contributed by atoms with Crippen LogP contribution in [0.25, 0.3) is 0 Å². The van der Waals surface area contributed by atoms with Crippen LogP contribution in [0, 0.1) is 11.6 Å². The van der Waals surface area contributed by atoms with E-state index in [0.29, 0.717) is 0 Å². The minimum atomic E-state index is -0.946. The van der Waals surface area contributed by atoms with Gasteiger partial charge in [0, 0.05) is 11.6 Å². The molecule has 0 aliphatic heterocycles. The lowest BCUT2D eigenvalue weighted by Crippen LogP contribution is -1.99. The quantitative estimate of drug-likeness (QED) is 0.716. The van der Waals surface area contributed by atoms with Crippen molar-refractivity contribution < 1.29 is 13.9 Å². The summed E-state index contributed by atoms with van der Waals surface area (Å²) in [6.45, 7) is 3.42. The van der Waals surface area contributed by atoms with Crippen molar-refractivity contribution in [2.75, 3.05) is 0 Å². The molecule has 13 heavy (non-hydrogen) atoms. The van der Waals surface area contributed by atoms with Gasteiger partial charge in [-0.3, -0.25) is 0 Å². The van der Waals surface area contributed by atoms with Crippen LogP contribution in [0.2, 0.25) is 0 Å². The van der Waals surface area contributed by atoms with Gasteiger partial charge in [-0.1, -0.05) is 12.1 Å². The number of hydrogen-bond acceptors (Lipinski definition) is 1. The van der Waals surface area contributed by atoms with Crippen molar-refractivity contribution in [1.82, 2.24) is 0 Å². The summed E-state index contributed by atoms with van der Waals surface area (Å²) in [6.07, 6.45) is 0.786. The van der Waals surface area contributed by atoms with Gasteiger partial charge in [0.2, 0.25) is 0 Å². The molecule has 0 saturated heterocycles. The number of aliphatic hydroxyl groups excluding tert-OH is 1. The first-order valence-corrected chi connectivity index (χ1v) is 3.89. The minimum absolute atomic E-state index is 0.0984. The van der Waals surface area contributed by atoms with Crippen molar-refractivity contribution in [3.8, 4) is 0 Å². The third-order valence-corrected chi connectivity index (χ3v) is 1.71. The second-order valence-corrected chi connectivity index (χ2v) is 2.71. The van der Waals surface area contributed by atoms with Crippen LogP contribution in [0.1, 0.15) is 18.1 Å². The Morgan fingerprint density at radius 2 is 2.15 bits per heavy atom. The molecule has 0 saturated carbocycles. The summed E-state index contributed by atoms with van der Waals surface area (Å²) in [4.78, 5) is 0. The van der Waals surface area contributed by atoms with Gasteiger partial charge >= 0.3 is 0 Å². The first kappa shape index (κ1) is 9.86. The Morgan fingerprint density at radius 3 is 2.69 bits per heavy atom. The van der Waals surface area contributed by atoms with Gasteiger partial charge in [0.05, 0.1) is 6.10 Å². The van der Waals surface area contributed by atoms with Crippen LogP contribution in [-0.4, -0.2) is 5.11 Å². The molecule has 0 bridgehead atoms. The van der Waals surface area contributed by atoms with E-state index in [2.05, 4.69) is 6.58 Å². The largest absolute Gasteiger partial charge is 0.388 e. The van der Waals surface area contributed by atoms with E-state index in [0.717, 1.165) is 12.1 Å². The summed E-state index contributed by atoms with van der Waals surface area (Å²) in [5.74, 6) is -1.37. The number of aliphatic hydroxyl groups is 1. The first-order valence-electron chi connectivity index (χ1n) is 3.89. The summed E-state index contributed by atoms with van der Waals surface area (Å²) in [5, 5.41) is 9.36. The molecule has 1 N–H and O–H groups in total. The molecule has 1 rings (SSSR count). The van der Waals surface area contributed by atoms with Crippen molar-refractivity contribution in [1.29, 1.82) is 0 Å². The summed E-state index contributed by atoms with van der Waals surface area (Å²) in [5.41, 5.74) is 0.0984. The Balaban J connectivity index is 2.94. The lowest BCUT2D eigenvalue weighted by molar-refractivity contribution is 0.176. The van der Waals surface area contributed by atoms with Crippen molar-refractivity contribution >= 4 is 0 Å². The molecule has 1 atom stereocenters. The average molecular weight is 184 g/mol. The van der Waals surface area contributed by atoms with Crippen LogP contribution in [0.4, 0.5) is 8.78 Å². The van der Waals surface area contributed by atoms with E-state index >= 15 is 0 Å². The second kappa shape index (κ2) is 4.14. The fourth-order valence-corrected chi connectivity index (χ4v) is 1.06. The molecule has 0 aliphatic rings. The van der Waals surface area contributed by atoms with Gasteiger partial charge in [0.25, 0.3) is 0 Å². The molecule has 70 valence electrons. The van der Waals surface area contributed by atoms with Crippen molar-refractivity contribution in [2.45, 2.75) is 12.5 Å². The van der Waals surface area contributed by atoms with Crippen LogP contribution < -0.4 is 0 Å². The van der Waals surface area contributed by atoms with Crippen LogP contribution >= 0.6 is 0 Å². The van der Waals surface area contributed by atoms with E-state index in [1.807, 2.05) is 0 Å². The standard InChI is InChI=1S/C10H10F2O/c1-2-3-10(13)8-5-4-7(11)6-9(8)12/h2,4-6,10,13H,1,3H2/t10-/m1/s1. The van der Waals surface area contributed by atoms with E-state index in [1.54, 1.807) is 0 Å². The van der Waals surface area contributed by atoms with Crippen LogP contribution in [-0.2, 0) is 0 Å². The second-order valence-electron chi connectivity index (χ2n) is 2.71. The molecule has 1 aromatic carbocycles. The fraction of sp³-hybridized carbons (Fsp3) is 0.200. The zero-order valence-electron chi connectivity index (χ0n) is 7.00. The summed E-state index contributed by atoms with van der Waals surface area (Å²) < 4.78 is 25.4. The van der Waals surface area contributed by atoms with E-state index in [9.17, 15) is 13.9 Å². The molecule has 0 fully saturated rings. The summed E-state index contributed by atoms with van der Waals surface area (Å²) >= 11 is 0. The third kappa shape index (κ3) is 2.36. The van der Waals surface area contributed by atoms with Gasteiger partial charge in [-0.15, -0.1) is 6.58 Å². The fourth-order valence-electron chi connectivity index (χ4n) is 1.06. The Bertz CT molecular complexity index is 310. The predicted molar refractivity (Wildman–Crippen MR) is 46.1 cm³/mol. The van der Waals surface area contributed by atoms with Gasteiger partial charge in [-0.25, -0.2) is 8.78 Å². The molecular formula is C10H10F2O. The molecule has 0 radical (unpaired) electrons. The first-order chi connectivity index (χ1) is 6.15. The van der Waals surface area contributed by atoms with Crippen LogP contribution in [0.3, 0.4) is 0 Å². The molecule has 0 spiro atoms. The molecule has 0 unspecified atom stereocenters. The maximum atomic E-state index is 13.0. The van der Waals surface area contributed by atoms with Crippen LogP contribution in [0.5, 0.6) is 0 Å². The lowest BCUT2D eigenvalue weighted by Gasteiger charge is -2.08.